The maximum atomic E-state index is 15.1. The van der Waals surface area contributed by atoms with Crippen molar-refractivity contribution in [3.63, 3.8) is 0 Å². The topological polar surface area (TPSA) is 125 Å². The van der Waals surface area contributed by atoms with E-state index in [0.717, 1.165) is 13.1 Å². The molecule has 1 atom stereocenters. The van der Waals surface area contributed by atoms with Crippen molar-refractivity contribution in [3.05, 3.63) is 75.3 Å². The summed E-state index contributed by atoms with van der Waals surface area (Å²) < 4.78 is 27.1. The molecule has 0 unspecified atom stereocenters. The molecule has 198 valence electrons. The van der Waals surface area contributed by atoms with Crippen LogP contribution in [0.15, 0.2) is 52.6 Å². The minimum Gasteiger partial charge on any atom is -0.469 e. The van der Waals surface area contributed by atoms with Crippen LogP contribution in [0.2, 0.25) is 0 Å². The van der Waals surface area contributed by atoms with E-state index in [-0.39, 0.29) is 29.8 Å². The fourth-order valence-corrected chi connectivity index (χ4v) is 5.40. The number of aliphatic imine (C=N–C) groups is 1. The molecule has 0 amide bonds. The Morgan fingerprint density at radius 3 is 2.74 bits per heavy atom. The fraction of sp³-hybridized carbons (Fsp3) is 0.360. The van der Waals surface area contributed by atoms with Gasteiger partial charge >= 0.3 is 5.97 Å². The SMILES string of the molecule is COC(=O)CC[C@@H]1N=C(c2ccccc2F)c2cc([N+](=O)[O-])ccc2-n2c(SCN3CCOCC3)nnc21. The van der Waals surface area contributed by atoms with Crippen LogP contribution >= 0.6 is 11.8 Å². The van der Waals surface area contributed by atoms with Crippen molar-refractivity contribution < 1.29 is 23.6 Å². The molecule has 0 aliphatic carbocycles. The number of nitro groups is 1. The Kier molecular flexibility index (Phi) is 7.77. The molecule has 1 saturated heterocycles. The molecule has 1 fully saturated rings. The normalized spacial score (nSPS) is 17.2. The minimum atomic E-state index is -0.680. The smallest absolute Gasteiger partial charge is 0.305 e. The molecule has 2 aliphatic rings. The molecular formula is C25H25FN6O5S. The highest BCUT2D eigenvalue weighted by Gasteiger charge is 2.32. The summed E-state index contributed by atoms with van der Waals surface area (Å²) >= 11 is 1.47. The summed E-state index contributed by atoms with van der Waals surface area (Å²) in [5, 5.41) is 21.1. The predicted octanol–water partition coefficient (Wildman–Crippen LogP) is 3.54. The van der Waals surface area contributed by atoms with Gasteiger partial charge in [0.05, 0.1) is 42.5 Å². The third-order valence-corrected chi connectivity index (χ3v) is 7.40. The summed E-state index contributed by atoms with van der Waals surface area (Å²) in [5.74, 6) is 0.158. The fourth-order valence-electron chi connectivity index (χ4n) is 4.42. The molecule has 0 saturated carbocycles. The van der Waals surface area contributed by atoms with Gasteiger partial charge < -0.3 is 9.47 Å². The van der Waals surface area contributed by atoms with E-state index in [4.69, 9.17) is 14.5 Å². The molecule has 0 spiro atoms. The molecule has 5 rings (SSSR count). The van der Waals surface area contributed by atoms with Gasteiger partial charge in [0.2, 0.25) is 0 Å². The van der Waals surface area contributed by atoms with Gasteiger partial charge in [0.25, 0.3) is 5.69 Å². The Labute approximate surface area is 221 Å². The number of benzene rings is 2. The number of halogens is 1. The van der Waals surface area contributed by atoms with Crippen LogP contribution in [0.25, 0.3) is 5.69 Å². The van der Waals surface area contributed by atoms with E-state index in [1.807, 2.05) is 4.57 Å². The molecule has 13 heteroatoms. The van der Waals surface area contributed by atoms with Gasteiger partial charge in [-0.1, -0.05) is 23.9 Å². The van der Waals surface area contributed by atoms with Gasteiger partial charge in [-0.15, -0.1) is 10.2 Å². The zero-order valence-corrected chi connectivity index (χ0v) is 21.4. The maximum Gasteiger partial charge on any atom is 0.305 e. The highest BCUT2D eigenvalue weighted by Crippen LogP contribution is 2.37. The van der Waals surface area contributed by atoms with Gasteiger partial charge in [-0.3, -0.25) is 29.4 Å². The molecule has 38 heavy (non-hydrogen) atoms. The van der Waals surface area contributed by atoms with Crippen LogP contribution in [0.4, 0.5) is 10.1 Å². The van der Waals surface area contributed by atoms with Crippen molar-refractivity contribution in [2.24, 2.45) is 4.99 Å². The number of aromatic nitrogens is 3. The monoisotopic (exact) mass is 540 g/mol. The number of fused-ring (bicyclic) bond motifs is 3. The van der Waals surface area contributed by atoms with Crippen molar-refractivity contribution in [1.82, 2.24) is 19.7 Å². The molecule has 1 aromatic heterocycles. The molecule has 11 nitrogen and oxygen atoms in total. The standard InChI is InChI=1S/C25H25FN6O5S/c1-36-22(33)9-7-20-24-28-29-25(38-15-30-10-12-37-13-11-30)31(24)21-8-6-16(32(34)35)14-18(21)23(27-20)17-4-2-3-5-19(17)26/h2-6,8,14,20H,7,9-13,15H2,1H3/t20-/m0/s1. The van der Waals surface area contributed by atoms with E-state index in [1.54, 1.807) is 24.3 Å². The number of methoxy groups -OCH3 is 1. The second-order valence-electron chi connectivity index (χ2n) is 8.73. The van der Waals surface area contributed by atoms with Crippen molar-refractivity contribution in [1.29, 1.82) is 0 Å². The number of hydrogen-bond donors (Lipinski definition) is 0. The first-order valence-electron chi connectivity index (χ1n) is 12.0. The van der Waals surface area contributed by atoms with Crippen LogP contribution in [-0.2, 0) is 14.3 Å². The third kappa shape index (κ3) is 5.30. The Hall–Kier alpha value is -3.68. The molecule has 2 aromatic carbocycles. The Morgan fingerprint density at radius 2 is 2.00 bits per heavy atom. The van der Waals surface area contributed by atoms with Gasteiger partial charge in [0.15, 0.2) is 11.0 Å². The highest BCUT2D eigenvalue weighted by atomic mass is 32.2. The lowest BCUT2D eigenvalue weighted by Gasteiger charge is -2.25. The zero-order valence-electron chi connectivity index (χ0n) is 20.6. The maximum absolute atomic E-state index is 15.1. The molecule has 0 radical (unpaired) electrons. The number of nitrogens with zero attached hydrogens (tertiary/aromatic N) is 6. The van der Waals surface area contributed by atoms with Crippen LogP contribution in [0.3, 0.4) is 0 Å². The number of hydrogen-bond acceptors (Lipinski definition) is 10. The summed E-state index contributed by atoms with van der Waals surface area (Å²) in [6, 6.07) is 9.85. The lowest BCUT2D eigenvalue weighted by molar-refractivity contribution is -0.384. The Bertz CT molecular complexity index is 1390. The average Bonchev–Trinajstić information content (AvgIpc) is 3.30. The van der Waals surface area contributed by atoms with Crippen molar-refractivity contribution in [3.8, 4) is 5.69 Å². The van der Waals surface area contributed by atoms with Gasteiger partial charge in [-0.2, -0.15) is 0 Å². The molecular weight excluding hydrogens is 515 g/mol. The number of nitro benzene ring substituents is 1. The van der Waals surface area contributed by atoms with E-state index in [2.05, 4.69) is 15.1 Å². The summed E-state index contributed by atoms with van der Waals surface area (Å²) in [6.45, 7) is 2.89. The number of morpholine rings is 1. The second-order valence-corrected chi connectivity index (χ2v) is 9.64. The van der Waals surface area contributed by atoms with Crippen molar-refractivity contribution in [2.75, 3.05) is 39.3 Å². The highest BCUT2D eigenvalue weighted by molar-refractivity contribution is 7.99. The Balaban J connectivity index is 1.65. The number of esters is 1. The lowest BCUT2D eigenvalue weighted by atomic mass is 9.99. The largest absolute Gasteiger partial charge is 0.469 e. The second kappa shape index (κ2) is 11.4. The number of carbonyl (C=O) groups excluding carboxylic acids is 1. The van der Waals surface area contributed by atoms with Gasteiger partial charge in [0, 0.05) is 42.8 Å². The van der Waals surface area contributed by atoms with Crippen LogP contribution in [0.1, 0.15) is 35.8 Å². The van der Waals surface area contributed by atoms with Crippen LogP contribution in [0.5, 0.6) is 0 Å². The summed E-state index contributed by atoms with van der Waals surface area (Å²) in [4.78, 5) is 30.3. The first-order chi connectivity index (χ1) is 18.5. The van der Waals surface area contributed by atoms with Gasteiger partial charge in [-0.05, 0) is 24.6 Å². The summed E-state index contributed by atoms with van der Waals surface area (Å²) in [7, 11) is 1.31. The third-order valence-electron chi connectivity index (χ3n) is 6.39. The van der Waals surface area contributed by atoms with Gasteiger partial charge in [0.1, 0.15) is 11.9 Å². The number of rotatable bonds is 8. The molecule has 0 N–H and O–H groups in total. The van der Waals surface area contributed by atoms with Crippen LogP contribution in [0, 0.1) is 15.9 Å². The molecule has 3 aromatic rings. The lowest BCUT2D eigenvalue weighted by Crippen LogP contribution is -2.35. The number of carbonyl (C=O) groups is 1. The minimum absolute atomic E-state index is 0.0504. The number of thioether (sulfide) groups is 1. The van der Waals surface area contributed by atoms with Gasteiger partial charge in [-0.25, -0.2) is 4.39 Å². The Morgan fingerprint density at radius 1 is 1.21 bits per heavy atom. The number of non-ortho nitro benzene ring substituents is 1. The number of ether oxygens (including phenoxy) is 2. The van der Waals surface area contributed by atoms with Crippen LogP contribution < -0.4 is 0 Å². The average molecular weight is 541 g/mol. The molecule has 0 bridgehead atoms. The van der Waals surface area contributed by atoms with Crippen LogP contribution in [-0.4, -0.2) is 75.6 Å². The molecule has 2 aliphatic heterocycles. The summed E-state index contributed by atoms with van der Waals surface area (Å²) in [5.41, 5.74) is 1.20. The van der Waals surface area contributed by atoms with E-state index in [0.29, 0.717) is 41.3 Å². The first-order valence-corrected chi connectivity index (χ1v) is 13.0. The van der Waals surface area contributed by atoms with E-state index < -0.39 is 22.8 Å². The van der Waals surface area contributed by atoms with E-state index in [1.165, 1.54) is 37.1 Å². The predicted molar refractivity (Wildman–Crippen MR) is 137 cm³/mol. The molecule has 3 heterocycles. The van der Waals surface area contributed by atoms with E-state index in [9.17, 15) is 14.9 Å². The first kappa shape index (κ1) is 25.9. The van der Waals surface area contributed by atoms with Crippen molar-refractivity contribution >= 4 is 29.1 Å². The summed E-state index contributed by atoms with van der Waals surface area (Å²) in [6.07, 6.45) is 0.280. The zero-order chi connectivity index (χ0) is 26.6. The van der Waals surface area contributed by atoms with Crippen molar-refractivity contribution in [2.45, 2.75) is 24.0 Å². The van der Waals surface area contributed by atoms with E-state index >= 15 is 4.39 Å². The quantitative estimate of drug-likeness (QED) is 0.183.